The van der Waals surface area contributed by atoms with E-state index in [9.17, 15) is 9.18 Å². The number of fused-ring (bicyclic) bond motifs is 1. The fourth-order valence-corrected chi connectivity index (χ4v) is 3.22. The summed E-state index contributed by atoms with van der Waals surface area (Å²) in [6, 6.07) is 10.8. The molecule has 1 aliphatic carbocycles. The van der Waals surface area contributed by atoms with Gasteiger partial charge in [0.25, 0.3) is 0 Å². The van der Waals surface area contributed by atoms with Crippen LogP contribution in [0.1, 0.15) is 33.5 Å². The first-order valence-corrected chi connectivity index (χ1v) is 7.52. The summed E-state index contributed by atoms with van der Waals surface area (Å²) < 4.78 is 13.7. The zero-order chi connectivity index (χ0) is 14.1. The Morgan fingerprint density at radius 3 is 2.80 bits per heavy atom. The molecule has 0 bridgehead atoms. The molecule has 102 valence electrons. The molecule has 0 saturated carbocycles. The summed E-state index contributed by atoms with van der Waals surface area (Å²) in [5, 5.41) is 0. The summed E-state index contributed by atoms with van der Waals surface area (Å²) in [6.07, 6.45) is 3.75. The Balaban J connectivity index is 1.84. The summed E-state index contributed by atoms with van der Waals surface area (Å²) in [5.74, 6) is -0.459. The zero-order valence-corrected chi connectivity index (χ0v) is 12.5. The van der Waals surface area contributed by atoms with E-state index < -0.39 is 5.82 Å². The third kappa shape index (κ3) is 2.55. The predicted octanol–water partition coefficient (Wildman–Crippen LogP) is 4.50. The number of aryl methyl sites for hydroxylation is 2. The molecule has 0 aromatic heterocycles. The molecule has 3 heteroatoms. The van der Waals surface area contributed by atoms with Crippen LogP contribution in [0.15, 0.2) is 40.9 Å². The molecule has 0 saturated heterocycles. The molecule has 0 heterocycles. The van der Waals surface area contributed by atoms with Crippen LogP contribution in [0.3, 0.4) is 0 Å². The van der Waals surface area contributed by atoms with E-state index in [4.69, 9.17) is 0 Å². The van der Waals surface area contributed by atoms with Crippen molar-refractivity contribution in [1.82, 2.24) is 0 Å². The van der Waals surface area contributed by atoms with Crippen molar-refractivity contribution in [3.63, 3.8) is 0 Å². The van der Waals surface area contributed by atoms with Gasteiger partial charge in [0.2, 0.25) is 0 Å². The number of carbonyl (C=O) groups is 1. The minimum atomic E-state index is -0.398. The van der Waals surface area contributed by atoms with Gasteiger partial charge in [0.05, 0.1) is 4.47 Å². The van der Waals surface area contributed by atoms with Crippen LogP contribution in [0, 0.1) is 5.82 Å². The van der Waals surface area contributed by atoms with E-state index in [-0.39, 0.29) is 10.3 Å². The Kier molecular flexibility index (Phi) is 3.70. The first kappa shape index (κ1) is 13.5. The van der Waals surface area contributed by atoms with Crippen molar-refractivity contribution in [3.05, 3.63) is 68.9 Å². The summed E-state index contributed by atoms with van der Waals surface area (Å²) in [5.41, 5.74) is 4.17. The maximum atomic E-state index is 13.5. The minimum Gasteiger partial charge on any atom is -0.294 e. The second-order valence-electron chi connectivity index (χ2n) is 5.16. The second kappa shape index (κ2) is 5.49. The van der Waals surface area contributed by atoms with Gasteiger partial charge >= 0.3 is 0 Å². The van der Waals surface area contributed by atoms with Crippen LogP contribution in [0.4, 0.5) is 4.39 Å². The lowest BCUT2D eigenvalue weighted by Crippen LogP contribution is -2.05. The smallest absolute Gasteiger partial charge is 0.168 e. The van der Waals surface area contributed by atoms with Gasteiger partial charge in [0, 0.05) is 12.0 Å². The summed E-state index contributed by atoms with van der Waals surface area (Å²) in [6.45, 7) is 0. The van der Waals surface area contributed by atoms with Crippen molar-refractivity contribution in [2.75, 3.05) is 0 Å². The van der Waals surface area contributed by atoms with Crippen molar-refractivity contribution < 1.29 is 9.18 Å². The lowest BCUT2D eigenvalue weighted by Gasteiger charge is -2.07. The quantitative estimate of drug-likeness (QED) is 0.756. The number of hydrogen-bond donors (Lipinski definition) is 0. The van der Waals surface area contributed by atoms with Gasteiger partial charge in [-0.25, -0.2) is 4.39 Å². The molecular formula is C17H14BrFO. The summed E-state index contributed by atoms with van der Waals surface area (Å²) >= 11 is 3.15. The number of Topliss-reactive ketones (excluding diaryl/α,β-unsaturated/α-hetero) is 1. The molecule has 2 aromatic carbocycles. The Morgan fingerprint density at radius 1 is 1.15 bits per heavy atom. The van der Waals surface area contributed by atoms with Crippen LogP contribution in [0.2, 0.25) is 0 Å². The topological polar surface area (TPSA) is 17.1 Å². The minimum absolute atomic E-state index is 0.0608. The Labute approximate surface area is 126 Å². The van der Waals surface area contributed by atoms with Crippen molar-refractivity contribution in [3.8, 4) is 0 Å². The molecule has 3 rings (SSSR count). The molecule has 0 radical (unpaired) electrons. The summed E-state index contributed by atoms with van der Waals surface area (Å²) in [4.78, 5) is 12.3. The molecule has 0 atom stereocenters. The number of halogens is 2. The highest BCUT2D eigenvalue weighted by atomic mass is 79.9. The van der Waals surface area contributed by atoms with Gasteiger partial charge in [-0.3, -0.25) is 4.79 Å². The van der Waals surface area contributed by atoms with Crippen LogP contribution >= 0.6 is 15.9 Å². The third-order valence-electron chi connectivity index (χ3n) is 3.78. The highest BCUT2D eigenvalue weighted by Crippen LogP contribution is 2.25. The van der Waals surface area contributed by atoms with Crippen LogP contribution in [0.25, 0.3) is 0 Å². The van der Waals surface area contributed by atoms with Crippen LogP contribution in [-0.4, -0.2) is 5.78 Å². The normalized spacial score (nSPS) is 13.3. The SMILES string of the molecule is O=C(Cc1ccc2c(c1)CCC2)c1cccc(F)c1Br. The van der Waals surface area contributed by atoms with Crippen LogP contribution in [0.5, 0.6) is 0 Å². The number of rotatable bonds is 3. The molecular weight excluding hydrogens is 319 g/mol. The Morgan fingerprint density at radius 2 is 1.95 bits per heavy atom. The monoisotopic (exact) mass is 332 g/mol. The standard InChI is InChI=1S/C17H14BrFO/c18-17-14(5-2-6-15(17)19)16(20)10-11-7-8-12-3-1-4-13(12)9-11/h2,5-9H,1,3-4,10H2. The van der Waals surface area contributed by atoms with E-state index in [0.717, 1.165) is 18.4 Å². The van der Waals surface area contributed by atoms with Gasteiger partial charge in [-0.15, -0.1) is 0 Å². The molecule has 0 unspecified atom stereocenters. The van der Waals surface area contributed by atoms with E-state index in [1.165, 1.54) is 23.6 Å². The van der Waals surface area contributed by atoms with E-state index >= 15 is 0 Å². The van der Waals surface area contributed by atoms with Gasteiger partial charge in [0.15, 0.2) is 5.78 Å². The molecule has 0 N–H and O–H groups in total. The van der Waals surface area contributed by atoms with Crippen LogP contribution in [-0.2, 0) is 19.3 Å². The Hall–Kier alpha value is -1.48. The van der Waals surface area contributed by atoms with Gasteiger partial charge in [-0.1, -0.05) is 30.3 Å². The van der Waals surface area contributed by atoms with Crippen LogP contribution < -0.4 is 0 Å². The van der Waals surface area contributed by atoms with Gasteiger partial charge < -0.3 is 0 Å². The maximum Gasteiger partial charge on any atom is 0.168 e. The van der Waals surface area contributed by atoms with Gasteiger partial charge in [-0.05, 0) is 57.9 Å². The first-order chi connectivity index (χ1) is 9.65. The van der Waals surface area contributed by atoms with E-state index in [2.05, 4.69) is 28.1 Å². The fraction of sp³-hybridized carbons (Fsp3) is 0.235. The average molecular weight is 333 g/mol. The lowest BCUT2D eigenvalue weighted by molar-refractivity contribution is 0.0991. The van der Waals surface area contributed by atoms with Crippen molar-refractivity contribution >= 4 is 21.7 Å². The maximum absolute atomic E-state index is 13.5. The highest BCUT2D eigenvalue weighted by Gasteiger charge is 2.15. The number of benzene rings is 2. The van der Waals surface area contributed by atoms with Crippen molar-refractivity contribution in [1.29, 1.82) is 0 Å². The number of hydrogen-bond acceptors (Lipinski definition) is 1. The molecule has 0 spiro atoms. The zero-order valence-electron chi connectivity index (χ0n) is 11.0. The largest absolute Gasteiger partial charge is 0.294 e. The molecule has 0 aliphatic heterocycles. The Bertz CT molecular complexity index is 679. The number of ketones is 1. The third-order valence-corrected chi connectivity index (χ3v) is 4.59. The first-order valence-electron chi connectivity index (χ1n) is 6.73. The van der Waals surface area contributed by atoms with Gasteiger partial charge in [-0.2, -0.15) is 0 Å². The lowest BCUT2D eigenvalue weighted by atomic mass is 9.99. The number of carbonyl (C=O) groups excluding carboxylic acids is 1. The van der Waals surface area contributed by atoms with E-state index in [0.29, 0.717) is 12.0 Å². The fourth-order valence-electron chi connectivity index (χ4n) is 2.73. The molecule has 20 heavy (non-hydrogen) atoms. The molecule has 2 aromatic rings. The molecule has 1 nitrogen and oxygen atoms in total. The van der Waals surface area contributed by atoms with Crippen molar-refractivity contribution in [2.24, 2.45) is 0 Å². The van der Waals surface area contributed by atoms with E-state index in [1.807, 2.05) is 6.07 Å². The summed E-state index contributed by atoms with van der Waals surface area (Å²) in [7, 11) is 0. The predicted molar refractivity (Wildman–Crippen MR) is 80.6 cm³/mol. The van der Waals surface area contributed by atoms with Gasteiger partial charge in [0.1, 0.15) is 5.82 Å². The van der Waals surface area contributed by atoms with E-state index in [1.54, 1.807) is 12.1 Å². The van der Waals surface area contributed by atoms with Crippen molar-refractivity contribution in [2.45, 2.75) is 25.7 Å². The molecule has 1 aliphatic rings. The molecule has 0 fully saturated rings. The highest BCUT2D eigenvalue weighted by molar-refractivity contribution is 9.10. The second-order valence-corrected chi connectivity index (χ2v) is 5.95. The average Bonchev–Trinajstić information content (AvgIpc) is 2.89. The molecule has 0 amide bonds.